The molecule has 99 heavy (non-hydrogen) atoms. The molecule has 16 aromatic rings. The molecule has 11 aromatic carbocycles. The molecule has 2 aliphatic rings. The van der Waals surface area contributed by atoms with Gasteiger partial charge in [0, 0.05) is 110 Å². The monoisotopic (exact) mass is 1500 g/mol. The predicted octanol–water partition coefficient (Wildman–Crippen LogP) is 23.5. The topological polar surface area (TPSA) is 40.3 Å². The third-order valence-electron chi connectivity index (χ3n) is 18.8. The Balaban J connectivity index is 0.0000130. The Labute approximate surface area is 647 Å². The SMILES string of the molecule is [2H]c1c([2H])c2c(c([2H])c1-c1cccc(-c3c([2H])c([2H])c4c(c3[2H])C(C([2H])([2H])[2H])(C([2H])([2H])[2H])C([2H])([2H])C([2H])([2H])C4(C([2H])([2H])[2H])C([2H])([2H])[2H])c1-[n+]1[c-]n(-c3[c-]c(Oc4[c-]c5c(cc4)c4cc6c(cc4n5-c4cc(C(C)(C)C)ccn4)c4ccccc4c4ccccc4c4cccc5c7ccccc7n6c45)ccc3)c3ccccc31)C(C([2H])([2H])[2H])(C([2H])([2H])[2H])C([2H])([2H])C([2H])([2H])C2(C([2H])([2H])[2H])C([2H])([2H])[2H].[Pt]. The number of aromatic nitrogens is 5. The Morgan fingerprint density at radius 2 is 1.00 bits per heavy atom. The zero-order valence-electron chi connectivity index (χ0n) is 90.9. The maximum atomic E-state index is 10.5. The standard InChI is InChI=1S/C92H79N5O.Pt/c1-88(2,3)59-43-48-93-85(51-59)96-82-53-62(39-40-70(82)74-55-84-73(54-83(74)96)68-28-15-13-26-66(68)65-25-12-14-27-67(65)71-32-22-33-72-69-29-16-17-34-79(69)97(84)87(71)72)98-61-24-20-23-60(52-61)94-56-95(81-36-19-18-35-80(81)94)86-63(57-37-41-75-77(49-57)91(8,9)46-44-89(75,4)5)30-21-31-64(86)58-38-42-76-78(50-58)92(10,11)47-45-90(76,6)7;/h12-43,48-51,54-55H,44-47H2,1-11H3;/q-2;/i4D3,5D3,6D3,7D3,8D3,9D3,10D3,11D3,37D,38D,41D,42D,44D2,45D2,46D2,47D2,49D,50D;. The van der Waals surface area contributed by atoms with Crippen LogP contribution in [-0.4, -0.2) is 18.5 Å². The average Bonchev–Trinajstić information content (AvgIpc) is 1.39. The first-order valence-corrected chi connectivity index (χ1v) is 31.6. The van der Waals surface area contributed by atoms with E-state index in [-0.39, 0.29) is 54.7 Å². The molecule has 0 bridgehead atoms. The fourth-order valence-corrected chi connectivity index (χ4v) is 14.2. The summed E-state index contributed by atoms with van der Waals surface area (Å²) in [6, 6.07) is 52.3. The first-order chi connectivity index (χ1) is 62.8. The van der Waals surface area contributed by atoms with Crippen molar-refractivity contribution in [3.05, 3.63) is 277 Å². The van der Waals surface area contributed by atoms with Gasteiger partial charge in [-0.3, -0.25) is 4.57 Å². The molecule has 0 saturated carbocycles. The number of rotatable bonds is 7. The van der Waals surface area contributed by atoms with E-state index in [4.69, 9.17) is 26.2 Å². The number of para-hydroxylation sites is 5. The third-order valence-corrected chi connectivity index (χ3v) is 18.8. The number of benzene rings is 11. The van der Waals surface area contributed by atoms with Gasteiger partial charge in [-0.25, -0.2) is 4.98 Å². The van der Waals surface area contributed by atoms with E-state index in [2.05, 4.69) is 110 Å². The van der Waals surface area contributed by atoms with Gasteiger partial charge in [-0.15, -0.1) is 29.7 Å². The normalized spacial score (nSPS) is 24.2. The summed E-state index contributed by atoms with van der Waals surface area (Å²) in [5.41, 5.74) is -27.5. The summed E-state index contributed by atoms with van der Waals surface area (Å²) in [4.78, 5) is 5.06. The molecule has 0 radical (unpaired) electrons. The van der Waals surface area contributed by atoms with Crippen LogP contribution in [0.15, 0.2) is 231 Å². The third kappa shape index (κ3) is 9.89. The van der Waals surface area contributed by atoms with Crippen LogP contribution in [0, 0.1) is 18.5 Å². The van der Waals surface area contributed by atoms with E-state index in [1.54, 1.807) is 12.3 Å². The van der Waals surface area contributed by atoms with E-state index >= 15 is 0 Å². The maximum Gasteiger partial charge on any atom is 0.268 e. The summed E-state index contributed by atoms with van der Waals surface area (Å²) in [5, 5.41) is 9.39. The van der Waals surface area contributed by atoms with Crippen molar-refractivity contribution in [3.63, 3.8) is 0 Å². The molecular weight excluding hydrogens is 1390 g/mol. The van der Waals surface area contributed by atoms with Crippen LogP contribution < -0.4 is 9.30 Å². The van der Waals surface area contributed by atoms with Crippen LogP contribution in [0.2, 0.25) is 0 Å². The molecule has 7 heteroatoms. The van der Waals surface area contributed by atoms with Crippen LogP contribution in [0.1, 0.15) is 181 Å². The molecule has 0 unspecified atom stereocenters. The molecule has 18 rings (SSSR count). The quantitative estimate of drug-likeness (QED) is 0.118. The van der Waals surface area contributed by atoms with Crippen molar-refractivity contribution in [1.29, 1.82) is 0 Å². The van der Waals surface area contributed by atoms with Crippen molar-refractivity contribution in [3.8, 4) is 50.9 Å². The van der Waals surface area contributed by atoms with Gasteiger partial charge in [0.2, 0.25) is 0 Å². The second-order valence-corrected chi connectivity index (χ2v) is 26.1. The molecular formula is C92H79N5OPt-2. The van der Waals surface area contributed by atoms with Gasteiger partial charge < -0.3 is 18.3 Å². The molecule has 5 heterocycles. The Hall–Kier alpha value is -9.87. The molecule has 5 aromatic heterocycles. The largest absolute Gasteiger partial charge is 0.510 e. The predicted molar refractivity (Wildman–Crippen MR) is 407 cm³/mol. The first-order valence-electron chi connectivity index (χ1n) is 50.6. The van der Waals surface area contributed by atoms with Crippen LogP contribution >= 0.6 is 0 Å². The minimum Gasteiger partial charge on any atom is -0.510 e. The van der Waals surface area contributed by atoms with E-state index in [1.807, 2.05) is 59.2 Å². The summed E-state index contributed by atoms with van der Waals surface area (Å²) in [7, 11) is 0. The van der Waals surface area contributed by atoms with Crippen molar-refractivity contribution in [2.24, 2.45) is 0 Å². The molecule has 0 amide bonds. The van der Waals surface area contributed by atoms with Gasteiger partial charge >= 0.3 is 0 Å². The zero-order valence-corrected chi connectivity index (χ0v) is 55.2. The zero-order chi connectivity index (χ0) is 99.3. The summed E-state index contributed by atoms with van der Waals surface area (Å²) < 4.78 is 370. The Morgan fingerprint density at radius 1 is 0.485 bits per heavy atom. The van der Waals surface area contributed by atoms with Gasteiger partial charge in [-0.05, 0) is 166 Å². The van der Waals surface area contributed by atoms with Crippen molar-refractivity contribution in [1.82, 2.24) is 18.5 Å². The number of nitrogens with zero attached hydrogens (tertiary/aromatic N) is 5. The summed E-state index contributed by atoms with van der Waals surface area (Å²) in [6.07, 6.45) is -14.5. The van der Waals surface area contributed by atoms with Crippen LogP contribution in [-0.2, 0) is 48.1 Å². The number of ether oxygens (including phenoxy) is 1. The molecule has 0 atom stereocenters. The fraction of sp³-hybridized carbons (Fsp3) is 0.217. The van der Waals surface area contributed by atoms with Gasteiger partial charge in [-0.1, -0.05) is 245 Å². The second-order valence-electron chi connectivity index (χ2n) is 26.1. The molecule has 0 spiro atoms. The summed E-state index contributed by atoms with van der Waals surface area (Å²) in [6.45, 7) is -30.3. The Morgan fingerprint density at radius 3 is 1.64 bits per heavy atom. The molecule has 0 fully saturated rings. The molecule has 2 aliphatic carbocycles. The number of hydrogen-bond donors (Lipinski definition) is 0. The van der Waals surface area contributed by atoms with Crippen LogP contribution in [0.3, 0.4) is 0 Å². The van der Waals surface area contributed by atoms with Crippen LogP contribution in [0.5, 0.6) is 11.5 Å². The van der Waals surface area contributed by atoms with E-state index in [0.29, 0.717) is 16.7 Å². The van der Waals surface area contributed by atoms with Crippen molar-refractivity contribution < 1.29 is 82.5 Å². The van der Waals surface area contributed by atoms with Gasteiger partial charge in [0.25, 0.3) is 6.33 Å². The van der Waals surface area contributed by atoms with Crippen LogP contribution in [0.25, 0.3) is 132 Å². The van der Waals surface area contributed by atoms with E-state index in [0.717, 1.165) is 98.9 Å². The minimum atomic E-state index is -4.88. The molecule has 0 aliphatic heterocycles. The Bertz CT molecular complexity index is 7630. The minimum absolute atomic E-state index is 0. The fourth-order valence-electron chi connectivity index (χ4n) is 14.2. The van der Waals surface area contributed by atoms with E-state index < -0.39 is 188 Å². The number of imidazole rings is 1. The smallest absolute Gasteiger partial charge is 0.268 e. The second kappa shape index (κ2) is 22.6. The number of hydrogen-bond acceptors (Lipinski definition) is 2. The van der Waals surface area contributed by atoms with Gasteiger partial charge in [0.15, 0.2) is 0 Å². The van der Waals surface area contributed by atoms with Gasteiger partial charge in [0.05, 0.1) is 41.5 Å². The first kappa shape index (κ1) is 33.8. The van der Waals surface area contributed by atoms with Gasteiger partial charge in [0.1, 0.15) is 5.82 Å². The molecule has 0 saturated heterocycles. The van der Waals surface area contributed by atoms with Crippen molar-refractivity contribution >= 4 is 92.5 Å². The maximum absolute atomic E-state index is 10.5. The van der Waals surface area contributed by atoms with Crippen molar-refractivity contribution in [2.75, 3.05) is 0 Å². The molecule has 6 nitrogen and oxygen atoms in total. The Kier molecular flexibility index (Phi) is 7.71. The van der Waals surface area contributed by atoms with E-state index in [9.17, 15) is 35.6 Å². The molecule has 490 valence electrons. The van der Waals surface area contributed by atoms with E-state index in [1.165, 1.54) is 47.0 Å². The average molecular weight is 1500 g/mol. The van der Waals surface area contributed by atoms with Crippen molar-refractivity contribution in [2.45, 2.75) is 128 Å². The number of pyridine rings is 1. The van der Waals surface area contributed by atoms with Crippen LogP contribution in [0.4, 0.5) is 0 Å². The molecule has 0 N–H and O–H groups in total. The summed E-state index contributed by atoms with van der Waals surface area (Å²) >= 11 is 0. The summed E-state index contributed by atoms with van der Waals surface area (Å²) in [5.74, 6) is 0.569. The van der Waals surface area contributed by atoms with Gasteiger partial charge in [-0.2, -0.15) is 18.2 Å². The number of fused-ring (bicyclic) bond motifs is 16.